The highest BCUT2D eigenvalue weighted by atomic mass is 35.5. The fraction of sp³-hybridized carbons (Fsp3) is 0.238. The summed E-state index contributed by atoms with van der Waals surface area (Å²) in [5.74, 6) is -3.05. The number of piperidine rings is 1. The number of likely N-dealkylation sites (tertiary alicyclic amines) is 1. The van der Waals surface area contributed by atoms with E-state index in [0.29, 0.717) is 28.7 Å². The third-order valence-electron chi connectivity index (χ3n) is 4.95. The molecule has 1 fully saturated rings. The lowest BCUT2D eigenvalue weighted by Gasteiger charge is -2.31. The number of carbonyl (C=O) groups excluding carboxylic acids is 2. The van der Waals surface area contributed by atoms with Gasteiger partial charge in [0.15, 0.2) is 0 Å². The Morgan fingerprint density at radius 1 is 1.13 bits per heavy atom. The molecule has 0 spiro atoms. The fourth-order valence-corrected chi connectivity index (χ4v) is 4.52. The van der Waals surface area contributed by atoms with Gasteiger partial charge in [0, 0.05) is 29.7 Å². The average Bonchev–Trinajstić information content (AvgIpc) is 3.24. The molecule has 0 unspecified atom stereocenters. The summed E-state index contributed by atoms with van der Waals surface area (Å²) in [6.07, 6.45) is 1.38. The van der Waals surface area contributed by atoms with Crippen LogP contribution in [0.15, 0.2) is 42.5 Å². The second-order valence-electron chi connectivity index (χ2n) is 7.10. The molecule has 1 aliphatic rings. The summed E-state index contributed by atoms with van der Waals surface area (Å²) in [5, 5.41) is 12.1. The molecular weight excluding hydrogens is 446 g/mol. The topological polar surface area (TPSA) is 75.2 Å². The van der Waals surface area contributed by atoms with Gasteiger partial charge in [0.2, 0.25) is 5.01 Å². The minimum atomic E-state index is -0.886. The number of halogens is 3. The summed E-state index contributed by atoms with van der Waals surface area (Å²) in [6.45, 7) is 0.640. The van der Waals surface area contributed by atoms with Crippen molar-refractivity contribution < 1.29 is 18.4 Å². The maximum absolute atomic E-state index is 14.0. The molecule has 31 heavy (non-hydrogen) atoms. The van der Waals surface area contributed by atoms with Gasteiger partial charge in [-0.05, 0) is 43.2 Å². The van der Waals surface area contributed by atoms with Crippen molar-refractivity contribution in [3.63, 3.8) is 0 Å². The maximum Gasteiger partial charge on any atom is 0.286 e. The van der Waals surface area contributed by atoms with Gasteiger partial charge < -0.3 is 10.2 Å². The summed E-state index contributed by atoms with van der Waals surface area (Å²) in [5.41, 5.74) is -0.0161. The molecule has 0 bridgehead atoms. The molecule has 3 aromatic rings. The molecule has 0 radical (unpaired) electrons. The van der Waals surface area contributed by atoms with E-state index in [1.54, 1.807) is 24.3 Å². The summed E-state index contributed by atoms with van der Waals surface area (Å²) in [7, 11) is 0. The lowest BCUT2D eigenvalue weighted by molar-refractivity contribution is 0.0696. The van der Waals surface area contributed by atoms with Gasteiger partial charge in [-0.1, -0.05) is 35.1 Å². The Kier molecular flexibility index (Phi) is 6.24. The van der Waals surface area contributed by atoms with E-state index >= 15 is 0 Å². The van der Waals surface area contributed by atoms with Crippen molar-refractivity contribution in [1.82, 2.24) is 15.1 Å². The van der Waals surface area contributed by atoms with E-state index in [4.69, 9.17) is 11.6 Å². The molecule has 6 nitrogen and oxygen atoms in total. The van der Waals surface area contributed by atoms with Gasteiger partial charge in [0.1, 0.15) is 22.2 Å². The lowest BCUT2D eigenvalue weighted by atomic mass is 9.98. The highest BCUT2D eigenvalue weighted by molar-refractivity contribution is 7.13. The van der Waals surface area contributed by atoms with Crippen LogP contribution >= 0.6 is 22.9 Å². The summed E-state index contributed by atoms with van der Waals surface area (Å²) >= 11 is 7.06. The highest BCUT2D eigenvalue weighted by Crippen LogP contribution is 2.30. The van der Waals surface area contributed by atoms with Crippen molar-refractivity contribution in [2.75, 3.05) is 18.4 Å². The van der Waals surface area contributed by atoms with Crippen molar-refractivity contribution in [2.45, 2.75) is 18.8 Å². The number of aromatic nitrogens is 2. The monoisotopic (exact) mass is 462 g/mol. The van der Waals surface area contributed by atoms with E-state index in [9.17, 15) is 18.4 Å². The molecule has 1 saturated heterocycles. The van der Waals surface area contributed by atoms with Crippen LogP contribution in [0, 0.1) is 11.6 Å². The van der Waals surface area contributed by atoms with Crippen LogP contribution in [0.3, 0.4) is 0 Å². The molecular formula is C21H17ClF2N4O2S. The van der Waals surface area contributed by atoms with Crippen molar-refractivity contribution in [3.05, 3.63) is 74.7 Å². The number of hydrogen-bond donors (Lipinski definition) is 1. The molecule has 160 valence electrons. The fourth-order valence-electron chi connectivity index (χ4n) is 3.47. The zero-order valence-corrected chi connectivity index (χ0v) is 17.7. The zero-order chi connectivity index (χ0) is 22.0. The Hall–Kier alpha value is -2.91. The number of rotatable bonds is 4. The Morgan fingerprint density at radius 2 is 1.87 bits per heavy atom. The number of nitrogens with one attached hydrogen (secondary N) is 1. The molecule has 1 aliphatic heterocycles. The quantitative estimate of drug-likeness (QED) is 0.607. The van der Waals surface area contributed by atoms with Crippen molar-refractivity contribution in [1.29, 1.82) is 0 Å². The number of amides is 2. The SMILES string of the molecule is O=C(Nc1cccc(Cl)c1)c1nnc([C@@H]2CCCN(C(=O)c3c(F)cccc3F)C2)s1. The van der Waals surface area contributed by atoms with Crippen LogP contribution in [0.2, 0.25) is 5.02 Å². The van der Waals surface area contributed by atoms with Crippen LogP contribution in [-0.4, -0.2) is 40.0 Å². The predicted octanol–water partition coefficient (Wildman–Crippen LogP) is 4.74. The van der Waals surface area contributed by atoms with E-state index < -0.39 is 29.0 Å². The largest absolute Gasteiger partial charge is 0.338 e. The molecule has 4 rings (SSSR count). The third-order valence-corrected chi connectivity index (χ3v) is 6.27. The first kappa shape index (κ1) is 21.3. The van der Waals surface area contributed by atoms with Gasteiger partial charge in [-0.2, -0.15) is 0 Å². The smallest absolute Gasteiger partial charge is 0.286 e. The summed E-state index contributed by atoms with van der Waals surface area (Å²) in [6, 6.07) is 10.1. The zero-order valence-electron chi connectivity index (χ0n) is 16.1. The van der Waals surface area contributed by atoms with Gasteiger partial charge in [-0.3, -0.25) is 9.59 Å². The van der Waals surface area contributed by atoms with E-state index in [0.717, 1.165) is 29.9 Å². The Balaban J connectivity index is 1.46. The normalized spacial score (nSPS) is 16.2. The van der Waals surface area contributed by atoms with Crippen LogP contribution < -0.4 is 5.32 Å². The first-order valence-corrected chi connectivity index (χ1v) is 10.8. The van der Waals surface area contributed by atoms with Crippen LogP contribution in [0.4, 0.5) is 14.5 Å². The van der Waals surface area contributed by atoms with Crippen LogP contribution in [0.1, 0.15) is 43.9 Å². The van der Waals surface area contributed by atoms with Crippen molar-refractivity contribution in [3.8, 4) is 0 Å². The lowest BCUT2D eigenvalue weighted by Crippen LogP contribution is -2.39. The Morgan fingerprint density at radius 3 is 2.61 bits per heavy atom. The second-order valence-corrected chi connectivity index (χ2v) is 8.54. The van der Waals surface area contributed by atoms with Gasteiger partial charge in [0.25, 0.3) is 11.8 Å². The van der Waals surface area contributed by atoms with Crippen molar-refractivity contribution >= 4 is 40.4 Å². The molecule has 0 aliphatic carbocycles. The van der Waals surface area contributed by atoms with Crippen LogP contribution in [0.5, 0.6) is 0 Å². The maximum atomic E-state index is 14.0. The second kappa shape index (κ2) is 9.07. The summed E-state index contributed by atoms with van der Waals surface area (Å²) < 4.78 is 28.0. The average molecular weight is 463 g/mol. The van der Waals surface area contributed by atoms with Crippen LogP contribution in [0.25, 0.3) is 0 Å². The minimum Gasteiger partial charge on any atom is -0.338 e. The Labute approximate surface area is 185 Å². The highest BCUT2D eigenvalue weighted by Gasteiger charge is 2.31. The van der Waals surface area contributed by atoms with Gasteiger partial charge >= 0.3 is 0 Å². The first-order valence-electron chi connectivity index (χ1n) is 9.56. The third kappa shape index (κ3) is 4.72. The number of carbonyl (C=O) groups is 2. The van der Waals surface area contributed by atoms with Gasteiger partial charge in [-0.15, -0.1) is 10.2 Å². The number of anilines is 1. The molecule has 1 aromatic heterocycles. The summed E-state index contributed by atoms with van der Waals surface area (Å²) in [4.78, 5) is 26.6. The van der Waals surface area contributed by atoms with Gasteiger partial charge in [0.05, 0.1) is 0 Å². The minimum absolute atomic E-state index is 0.169. The molecule has 1 N–H and O–H groups in total. The molecule has 1 atom stereocenters. The number of hydrogen-bond acceptors (Lipinski definition) is 5. The van der Waals surface area contributed by atoms with E-state index in [1.165, 1.54) is 11.0 Å². The molecule has 2 aromatic carbocycles. The number of nitrogens with zero attached hydrogens (tertiary/aromatic N) is 3. The van der Waals surface area contributed by atoms with E-state index in [2.05, 4.69) is 15.5 Å². The van der Waals surface area contributed by atoms with Crippen molar-refractivity contribution in [2.24, 2.45) is 0 Å². The standard InChI is InChI=1S/C21H17ClF2N4O2S/c22-13-5-1-6-14(10-13)25-18(29)20-27-26-19(31-20)12-4-3-9-28(11-12)21(30)17-15(23)7-2-8-16(17)24/h1-2,5-8,10,12H,3-4,9,11H2,(H,25,29)/t12-/m1/s1. The molecule has 2 amide bonds. The van der Waals surface area contributed by atoms with Crippen LogP contribution in [-0.2, 0) is 0 Å². The number of benzene rings is 2. The van der Waals surface area contributed by atoms with Gasteiger partial charge in [-0.25, -0.2) is 8.78 Å². The predicted molar refractivity (Wildman–Crippen MR) is 114 cm³/mol. The molecule has 10 heteroatoms. The first-order chi connectivity index (χ1) is 14.9. The molecule has 2 heterocycles. The Bertz CT molecular complexity index is 1120. The molecule has 0 saturated carbocycles. The van der Waals surface area contributed by atoms with E-state index in [1.807, 2.05) is 0 Å². The van der Waals surface area contributed by atoms with E-state index in [-0.39, 0.29) is 17.5 Å².